The van der Waals surface area contributed by atoms with Gasteiger partial charge in [-0.25, -0.2) is 4.98 Å². The van der Waals surface area contributed by atoms with Gasteiger partial charge in [-0.3, -0.25) is 9.59 Å². The zero-order valence-electron chi connectivity index (χ0n) is 13.5. The average molecular weight is 351 g/mol. The quantitative estimate of drug-likeness (QED) is 0.806. The second kappa shape index (κ2) is 8.21. The number of thiazole rings is 1. The van der Waals surface area contributed by atoms with E-state index in [0.29, 0.717) is 0 Å². The Bertz CT molecular complexity index is 652. The molecule has 2 rings (SSSR count). The number of amides is 2. The number of carbonyl (C=O) groups is 2. The molecule has 0 spiro atoms. The first-order valence-corrected chi connectivity index (χ1v) is 9.38. The lowest BCUT2D eigenvalue weighted by Crippen LogP contribution is -2.47. The summed E-state index contributed by atoms with van der Waals surface area (Å²) in [5, 5.41) is 12.4. The predicted molar refractivity (Wildman–Crippen MR) is 94.6 cm³/mol. The van der Waals surface area contributed by atoms with E-state index in [1.165, 1.54) is 11.3 Å². The van der Waals surface area contributed by atoms with Gasteiger partial charge in [0.15, 0.2) is 0 Å². The summed E-state index contributed by atoms with van der Waals surface area (Å²) in [4.78, 5) is 28.4. The highest BCUT2D eigenvalue weighted by Crippen LogP contribution is 2.25. The average Bonchev–Trinajstić information content (AvgIpc) is 3.17. The maximum absolute atomic E-state index is 12.1. The predicted octanol–water partition coefficient (Wildman–Crippen LogP) is 2.83. The smallest absolute Gasteiger partial charge is 0.242 e. The lowest BCUT2D eigenvalue weighted by molar-refractivity contribution is -0.128. The molecule has 2 aromatic rings. The van der Waals surface area contributed by atoms with Gasteiger partial charge in [-0.15, -0.1) is 11.3 Å². The summed E-state index contributed by atoms with van der Waals surface area (Å²) < 4.78 is 0. The van der Waals surface area contributed by atoms with Crippen LogP contribution in [-0.2, 0) is 16.0 Å². The summed E-state index contributed by atoms with van der Waals surface area (Å²) in [6, 6.07) is 1.56. The van der Waals surface area contributed by atoms with Gasteiger partial charge in [0, 0.05) is 22.4 Å². The fourth-order valence-corrected chi connectivity index (χ4v) is 3.43. The van der Waals surface area contributed by atoms with E-state index in [0.717, 1.165) is 22.7 Å². The molecular formula is C16H21N3O2S2. The van der Waals surface area contributed by atoms with Crippen LogP contribution in [0.4, 0.5) is 0 Å². The van der Waals surface area contributed by atoms with Crippen molar-refractivity contribution in [2.24, 2.45) is 0 Å². The molecule has 2 N–H and O–H groups in total. The van der Waals surface area contributed by atoms with Crippen molar-refractivity contribution in [2.45, 2.75) is 45.7 Å². The molecule has 0 radical (unpaired) electrons. The van der Waals surface area contributed by atoms with Crippen molar-refractivity contribution in [3.05, 3.63) is 27.9 Å². The first kappa shape index (κ1) is 17.6. The summed E-state index contributed by atoms with van der Waals surface area (Å²) in [5.41, 5.74) is 1.80. The topological polar surface area (TPSA) is 71.1 Å². The normalized spacial score (nSPS) is 13.3. The number of aromatic nitrogens is 1. The van der Waals surface area contributed by atoms with Crippen molar-refractivity contribution in [1.29, 1.82) is 0 Å². The number of thiophene rings is 1. The monoisotopic (exact) mass is 351 g/mol. The molecular weight excluding hydrogens is 330 g/mol. The molecule has 0 aliphatic rings. The van der Waals surface area contributed by atoms with Crippen LogP contribution in [0, 0.1) is 0 Å². The molecule has 0 aliphatic heterocycles. The Balaban J connectivity index is 1.86. The Kier molecular flexibility index (Phi) is 6.29. The summed E-state index contributed by atoms with van der Waals surface area (Å²) >= 11 is 3.14. The molecule has 0 aliphatic carbocycles. The van der Waals surface area contributed by atoms with E-state index in [1.54, 1.807) is 18.3 Å². The summed E-state index contributed by atoms with van der Waals surface area (Å²) in [7, 11) is 0. The Hall–Kier alpha value is -1.73. The second-order valence-electron chi connectivity index (χ2n) is 5.44. The summed E-state index contributed by atoms with van der Waals surface area (Å²) in [6.45, 7) is 5.63. The van der Waals surface area contributed by atoms with Gasteiger partial charge in [0.25, 0.3) is 0 Å². The molecule has 2 atom stereocenters. The van der Waals surface area contributed by atoms with E-state index >= 15 is 0 Å². The van der Waals surface area contributed by atoms with Crippen molar-refractivity contribution >= 4 is 34.5 Å². The number of nitrogens with zero attached hydrogens (tertiary/aromatic N) is 1. The number of hydrogen-bond donors (Lipinski definition) is 2. The van der Waals surface area contributed by atoms with E-state index < -0.39 is 6.04 Å². The van der Waals surface area contributed by atoms with Crippen LogP contribution in [0.3, 0.4) is 0 Å². The van der Waals surface area contributed by atoms with Crippen LogP contribution < -0.4 is 10.6 Å². The minimum Gasteiger partial charge on any atom is -0.352 e. The van der Waals surface area contributed by atoms with Crippen LogP contribution in [0.2, 0.25) is 0 Å². The maximum atomic E-state index is 12.1. The van der Waals surface area contributed by atoms with Gasteiger partial charge in [-0.1, -0.05) is 6.92 Å². The first-order valence-electron chi connectivity index (χ1n) is 7.56. The Labute approximate surface area is 144 Å². The molecule has 5 nitrogen and oxygen atoms in total. The molecule has 2 heterocycles. The lowest BCUT2D eigenvalue weighted by Gasteiger charge is -2.17. The standard InChI is InChI=1S/C16H21N3O2S2/c1-4-10(2)17-15(21)11(3)18-14(20)7-13-9-23-16(19-13)12-5-6-22-8-12/h5-6,8-11H,4,7H2,1-3H3,(H,17,21)(H,18,20). The van der Waals surface area contributed by atoms with E-state index in [9.17, 15) is 9.59 Å². The maximum Gasteiger partial charge on any atom is 0.242 e. The van der Waals surface area contributed by atoms with Gasteiger partial charge >= 0.3 is 0 Å². The van der Waals surface area contributed by atoms with Crippen LogP contribution in [0.15, 0.2) is 22.2 Å². The van der Waals surface area contributed by atoms with Crippen LogP contribution in [-0.4, -0.2) is 28.9 Å². The molecule has 0 bridgehead atoms. The molecule has 124 valence electrons. The Morgan fingerprint density at radius 2 is 2.04 bits per heavy atom. The highest BCUT2D eigenvalue weighted by Gasteiger charge is 2.17. The Morgan fingerprint density at radius 3 is 2.70 bits per heavy atom. The van der Waals surface area contributed by atoms with Crippen LogP contribution in [0.1, 0.15) is 32.9 Å². The first-order chi connectivity index (χ1) is 11.0. The number of nitrogens with one attached hydrogen (secondary N) is 2. The van der Waals surface area contributed by atoms with Crippen LogP contribution >= 0.6 is 22.7 Å². The van der Waals surface area contributed by atoms with Gasteiger partial charge in [-0.05, 0) is 31.7 Å². The van der Waals surface area contributed by atoms with Crippen molar-refractivity contribution in [2.75, 3.05) is 0 Å². The largest absolute Gasteiger partial charge is 0.352 e. The molecule has 0 aromatic carbocycles. The zero-order valence-corrected chi connectivity index (χ0v) is 15.1. The van der Waals surface area contributed by atoms with Crippen molar-refractivity contribution < 1.29 is 9.59 Å². The SMILES string of the molecule is CCC(C)NC(=O)C(C)NC(=O)Cc1csc(-c2ccsc2)n1. The van der Waals surface area contributed by atoms with Gasteiger partial charge < -0.3 is 10.6 Å². The van der Waals surface area contributed by atoms with Gasteiger partial charge in [0.1, 0.15) is 11.0 Å². The van der Waals surface area contributed by atoms with Gasteiger partial charge in [0.2, 0.25) is 11.8 Å². The molecule has 23 heavy (non-hydrogen) atoms. The number of hydrogen-bond acceptors (Lipinski definition) is 5. The van der Waals surface area contributed by atoms with Gasteiger partial charge in [0.05, 0.1) is 12.1 Å². The molecule has 0 fully saturated rings. The van der Waals surface area contributed by atoms with Crippen molar-refractivity contribution in [3.63, 3.8) is 0 Å². The fourth-order valence-electron chi connectivity index (χ4n) is 1.90. The molecule has 0 saturated carbocycles. The van der Waals surface area contributed by atoms with E-state index in [4.69, 9.17) is 0 Å². The second-order valence-corrected chi connectivity index (χ2v) is 7.08. The minimum absolute atomic E-state index is 0.105. The van der Waals surface area contributed by atoms with Crippen molar-refractivity contribution in [3.8, 4) is 10.6 Å². The zero-order chi connectivity index (χ0) is 16.8. The van der Waals surface area contributed by atoms with E-state index in [2.05, 4.69) is 15.6 Å². The number of carbonyl (C=O) groups excluding carboxylic acids is 2. The van der Waals surface area contributed by atoms with Crippen molar-refractivity contribution in [1.82, 2.24) is 15.6 Å². The lowest BCUT2D eigenvalue weighted by atomic mass is 10.2. The summed E-state index contributed by atoms with van der Waals surface area (Å²) in [6.07, 6.45) is 1.04. The third-order valence-electron chi connectivity index (χ3n) is 3.43. The number of rotatable bonds is 7. The molecule has 2 aromatic heterocycles. The van der Waals surface area contributed by atoms with Crippen LogP contribution in [0.5, 0.6) is 0 Å². The third-order valence-corrected chi connectivity index (χ3v) is 5.06. The third kappa shape index (κ3) is 5.14. The van der Waals surface area contributed by atoms with Crippen LogP contribution in [0.25, 0.3) is 10.6 Å². The highest BCUT2D eigenvalue weighted by molar-refractivity contribution is 7.14. The van der Waals surface area contributed by atoms with Gasteiger partial charge in [-0.2, -0.15) is 11.3 Å². The summed E-state index contributed by atoms with van der Waals surface area (Å²) in [5.74, 6) is -0.357. The molecule has 7 heteroatoms. The molecule has 2 amide bonds. The van der Waals surface area contributed by atoms with E-state index in [1.807, 2.05) is 36.1 Å². The fraction of sp³-hybridized carbons (Fsp3) is 0.438. The molecule has 0 saturated heterocycles. The highest BCUT2D eigenvalue weighted by atomic mass is 32.1. The Morgan fingerprint density at radius 1 is 1.26 bits per heavy atom. The molecule has 2 unspecified atom stereocenters. The minimum atomic E-state index is -0.550. The van der Waals surface area contributed by atoms with E-state index in [-0.39, 0.29) is 24.3 Å².